The third-order valence-corrected chi connectivity index (χ3v) is 4.27. The van der Waals surface area contributed by atoms with Crippen LogP contribution < -0.4 is 0 Å². The Morgan fingerprint density at radius 1 is 1.28 bits per heavy atom. The lowest BCUT2D eigenvalue weighted by Gasteiger charge is -2.34. The highest BCUT2D eigenvalue weighted by Gasteiger charge is 2.44. The van der Waals surface area contributed by atoms with Crippen molar-refractivity contribution in [1.82, 2.24) is 0 Å². The number of ketones is 1. The van der Waals surface area contributed by atoms with Gasteiger partial charge in [0.25, 0.3) is 0 Å². The third-order valence-electron chi connectivity index (χ3n) is 2.92. The maximum absolute atomic E-state index is 12.2. The van der Waals surface area contributed by atoms with Gasteiger partial charge in [0.15, 0.2) is 5.78 Å². The topological polar surface area (TPSA) is 43.4 Å². The maximum Gasteiger partial charge on any atom is 0.304 e. The zero-order valence-corrected chi connectivity index (χ0v) is 11.2. The van der Waals surface area contributed by atoms with E-state index >= 15 is 0 Å². The van der Waals surface area contributed by atoms with Gasteiger partial charge >= 0.3 is 5.97 Å². The fourth-order valence-electron chi connectivity index (χ4n) is 2.12. The molecule has 1 unspecified atom stereocenters. The molecule has 0 aliphatic heterocycles. The Morgan fingerprint density at radius 3 is 2.61 bits per heavy atom. The summed E-state index contributed by atoms with van der Waals surface area (Å²) in [5.74, 6) is -0.369. The van der Waals surface area contributed by atoms with Crippen LogP contribution in [0.4, 0.5) is 0 Å². The number of Topliss-reactive ketones (excluding diaryl/α,β-unsaturated/α-hetero) is 1. The fourth-order valence-corrected chi connectivity index (χ4v) is 3.42. The van der Waals surface area contributed by atoms with Crippen molar-refractivity contribution in [2.75, 3.05) is 0 Å². The Kier molecular flexibility index (Phi) is 4.07. The predicted octanol–water partition coefficient (Wildman–Crippen LogP) is 3.18. The first-order valence-electron chi connectivity index (χ1n) is 6.09. The number of carbonyl (C=O) groups is 2. The summed E-state index contributed by atoms with van der Waals surface area (Å²) in [4.78, 5) is 23.4. The quantitative estimate of drug-likeness (QED) is 0.621. The monoisotopic (exact) mass is 264 g/mol. The maximum atomic E-state index is 12.2. The van der Waals surface area contributed by atoms with Gasteiger partial charge in [-0.3, -0.25) is 9.59 Å². The minimum absolute atomic E-state index is 0.0257. The first-order chi connectivity index (χ1) is 8.62. The van der Waals surface area contributed by atoms with Gasteiger partial charge in [-0.25, -0.2) is 0 Å². The standard InChI is InChI=1S/C14H16O3S/c1-11(15)17-14(10-6-5-9-13(14)16)18-12-7-3-2-4-8-12/h2-4,7-8H,5-6,9-10H2,1H3. The van der Waals surface area contributed by atoms with Crippen molar-refractivity contribution < 1.29 is 14.3 Å². The molecule has 96 valence electrons. The molecular weight excluding hydrogens is 248 g/mol. The van der Waals surface area contributed by atoms with Crippen LogP contribution in [0.15, 0.2) is 35.2 Å². The van der Waals surface area contributed by atoms with Crippen molar-refractivity contribution >= 4 is 23.5 Å². The summed E-state index contributed by atoms with van der Waals surface area (Å²) >= 11 is 1.36. The molecule has 1 aromatic rings. The largest absolute Gasteiger partial charge is 0.440 e. The molecule has 4 heteroatoms. The average Bonchev–Trinajstić information content (AvgIpc) is 2.33. The summed E-state index contributed by atoms with van der Waals surface area (Å²) in [6.07, 6.45) is 2.90. The molecule has 18 heavy (non-hydrogen) atoms. The summed E-state index contributed by atoms with van der Waals surface area (Å²) in [7, 11) is 0. The number of esters is 1. The van der Waals surface area contributed by atoms with E-state index in [1.165, 1.54) is 18.7 Å². The van der Waals surface area contributed by atoms with E-state index in [0.717, 1.165) is 17.7 Å². The number of benzene rings is 1. The summed E-state index contributed by atoms with van der Waals surface area (Å²) in [6, 6.07) is 9.61. The molecule has 0 N–H and O–H groups in total. The summed E-state index contributed by atoms with van der Waals surface area (Å²) in [5, 5.41) is 0. The molecule has 2 rings (SSSR count). The van der Waals surface area contributed by atoms with Gasteiger partial charge in [-0.15, -0.1) is 0 Å². The molecule has 0 aromatic heterocycles. The highest BCUT2D eigenvalue weighted by Crippen LogP contribution is 2.42. The lowest BCUT2D eigenvalue weighted by Crippen LogP contribution is -2.42. The van der Waals surface area contributed by atoms with Crippen molar-refractivity contribution in [3.8, 4) is 0 Å². The van der Waals surface area contributed by atoms with Crippen LogP contribution >= 0.6 is 11.8 Å². The molecule has 0 amide bonds. The SMILES string of the molecule is CC(=O)OC1(Sc2ccccc2)CCCCC1=O. The van der Waals surface area contributed by atoms with Gasteiger partial charge in [0.2, 0.25) is 4.93 Å². The van der Waals surface area contributed by atoms with Crippen LogP contribution in [0.1, 0.15) is 32.6 Å². The van der Waals surface area contributed by atoms with E-state index in [4.69, 9.17) is 4.74 Å². The van der Waals surface area contributed by atoms with Gasteiger partial charge in [-0.1, -0.05) is 30.0 Å². The molecule has 1 fully saturated rings. The van der Waals surface area contributed by atoms with Crippen molar-refractivity contribution in [1.29, 1.82) is 0 Å². The fraction of sp³-hybridized carbons (Fsp3) is 0.429. The van der Waals surface area contributed by atoms with Crippen LogP contribution in [0.2, 0.25) is 0 Å². The molecule has 1 aliphatic rings. The molecule has 0 heterocycles. The molecule has 0 radical (unpaired) electrons. The van der Waals surface area contributed by atoms with Gasteiger partial charge in [0.05, 0.1) is 0 Å². The molecule has 1 aromatic carbocycles. The summed E-state index contributed by atoms with van der Waals surface area (Å²) in [6.45, 7) is 1.36. The molecule has 0 bridgehead atoms. The zero-order valence-electron chi connectivity index (χ0n) is 10.3. The van der Waals surface area contributed by atoms with Crippen molar-refractivity contribution in [3.63, 3.8) is 0 Å². The van der Waals surface area contributed by atoms with Crippen molar-refractivity contribution in [3.05, 3.63) is 30.3 Å². The minimum atomic E-state index is -1.01. The Bertz CT molecular complexity index is 444. The second-order valence-corrected chi connectivity index (χ2v) is 5.73. The van der Waals surface area contributed by atoms with Gasteiger partial charge in [0.1, 0.15) is 0 Å². The first kappa shape index (κ1) is 13.1. The molecule has 1 aliphatic carbocycles. The summed E-state index contributed by atoms with van der Waals surface area (Å²) in [5.41, 5.74) is 0. The average molecular weight is 264 g/mol. The van der Waals surface area contributed by atoms with Gasteiger partial charge < -0.3 is 4.74 Å². The van der Waals surface area contributed by atoms with E-state index in [1.54, 1.807) is 0 Å². The molecule has 0 saturated heterocycles. The Hall–Kier alpha value is -1.29. The van der Waals surface area contributed by atoms with E-state index in [-0.39, 0.29) is 5.78 Å². The van der Waals surface area contributed by atoms with Crippen LogP contribution in [-0.2, 0) is 14.3 Å². The van der Waals surface area contributed by atoms with E-state index in [1.807, 2.05) is 30.3 Å². The second kappa shape index (κ2) is 5.57. The number of rotatable bonds is 3. The third kappa shape index (κ3) is 2.93. The second-order valence-electron chi connectivity index (χ2n) is 4.39. The van der Waals surface area contributed by atoms with Crippen molar-refractivity contribution in [2.45, 2.75) is 42.4 Å². The van der Waals surface area contributed by atoms with Crippen LogP contribution in [0.5, 0.6) is 0 Å². The van der Waals surface area contributed by atoms with E-state index < -0.39 is 10.9 Å². The van der Waals surface area contributed by atoms with Gasteiger partial charge in [-0.2, -0.15) is 0 Å². The van der Waals surface area contributed by atoms with Crippen molar-refractivity contribution in [2.24, 2.45) is 0 Å². The van der Waals surface area contributed by atoms with E-state index in [9.17, 15) is 9.59 Å². The molecule has 1 atom stereocenters. The Labute approximate surface area is 111 Å². The number of carbonyl (C=O) groups excluding carboxylic acids is 2. The molecule has 3 nitrogen and oxygen atoms in total. The Morgan fingerprint density at radius 2 is 2.00 bits per heavy atom. The first-order valence-corrected chi connectivity index (χ1v) is 6.91. The lowest BCUT2D eigenvalue weighted by molar-refractivity contribution is -0.158. The van der Waals surface area contributed by atoms with Crippen LogP contribution in [0.25, 0.3) is 0 Å². The number of hydrogen-bond donors (Lipinski definition) is 0. The van der Waals surface area contributed by atoms with Crippen LogP contribution in [-0.4, -0.2) is 16.7 Å². The minimum Gasteiger partial charge on any atom is -0.440 e. The van der Waals surface area contributed by atoms with Gasteiger partial charge in [-0.05, 0) is 25.0 Å². The normalized spacial score (nSPS) is 23.7. The van der Waals surface area contributed by atoms with E-state index in [2.05, 4.69) is 0 Å². The molecular formula is C14H16O3S. The number of ether oxygens (including phenoxy) is 1. The smallest absolute Gasteiger partial charge is 0.304 e. The Balaban J connectivity index is 2.24. The van der Waals surface area contributed by atoms with Crippen LogP contribution in [0.3, 0.4) is 0 Å². The number of hydrogen-bond acceptors (Lipinski definition) is 4. The van der Waals surface area contributed by atoms with Gasteiger partial charge in [0, 0.05) is 24.7 Å². The lowest BCUT2D eigenvalue weighted by atomic mass is 9.95. The molecule has 1 saturated carbocycles. The van der Waals surface area contributed by atoms with E-state index in [0.29, 0.717) is 12.8 Å². The highest BCUT2D eigenvalue weighted by atomic mass is 32.2. The highest BCUT2D eigenvalue weighted by molar-refractivity contribution is 8.01. The predicted molar refractivity (Wildman–Crippen MR) is 70.3 cm³/mol. The zero-order chi connectivity index (χ0) is 13.0. The molecule has 0 spiro atoms. The number of thioether (sulfide) groups is 1. The van der Waals surface area contributed by atoms with Crippen LogP contribution in [0, 0.1) is 0 Å². The summed E-state index contributed by atoms with van der Waals surface area (Å²) < 4.78 is 5.37.